The van der Waals surface area contributed by atoms with Crippen LogP contribution in [0.15, 0.2) is 89.8 Å². The predicted molar refractivity (Wildman–Crippen MR) is 135 cm³/mol. The van der Waals surface area contributed by atoms with E-state index in [4.69, 9.17) is 5.14 Å². The van der Waals surface area contributed by atoms with E-state index in [2.05, 4.69) is 63.6 Å². The molecular formula is C25H29ClN4O3S. The van der Waals surface area contributed by atoms with E-state index in [0.29, 0.717) is 12.2 Å². The molecule has 0 aliphatic carbocycles. The lowest BCUT2D eigenvalue weighted by Gasteiger charge is -2.39. The molecule has 0 saturated carbocycles. The Morgan fingerprint density at radius 1 is 0.824 bits per heavy atom. The third kappa shape index (κ3) is 6.43. The Morgan fingerprint density at radius 3 is 1.79 bits per heavy atom. The van der Waals surface area contributed by atoms with Gasteiger partial charge in [0.1, 0.15) is 0 Å². The molecule has 1 aliphatic heterocycles. The maximum Gasteiger partial charge on any atom is 0.252 e. The van der Waals surface area contributed by atoms with Gasteiger partial charge in [0.15, 0.2) is 0 Å². The maximum absolute atomic E-state index is 12.5. The molecule has 3 aromatic carbocycles. The van der Waals surface area contributed by atoms with Crippen LogP contribution in [0.4, 0.5) is 0 Å². The lowest BCUT2D eigenvalue weighted by molar-refractivity contribution is 0.0831. The van der Waals surface area contributed by atoms with E-state index in [1.807, 2.05) is 12.1 Å². The number of sulfonamides is 1. The molecule has 1 fully saturated rings. The van der Waals surface area contributed by atoms with Crippen molar-refractivity contribution in [3.63, 3.8) is 0 Å². The van der Waals surface area contributed by atoms with Crippen molar-refractivity contribution in [1.29, 1.82) is 0 Å². The van der Waals surface area contributed by atoms with Gasteiger partial charge >= 0.3 is 0 Å². The Labute approximate surface area is 207 Å². The summed E-state index contributed by atoms with van der Waals surface area (Å²) in [6.45, 7) is 3.87. The Bertz CT molecular complexity index is 1130. The van der Waals surface area contributed by atoms with Crippen molar-refractivity contribution in [2.24, 2.45) is 5.14 Å². The molecule has 0 atom stereocenters. The van der Waals surface area contributed by atoms with Gasteiger partial charge in [-0.1, -0.05) is 60.7 Å². The third-order valence-corrected chi connectivity index (χ3v) is 6.84. The van der Waals surface area contributed by atoms with Gasteiger partial charge in [0, 0.05) is 31.7 Å². The number of carbonyl (C=O) groups excluding carboxylic acids is 1. The molecule has 1 amide bonds. The van der Waals surface area contributed by atoms with Gasteiger partial charge in [-0.15, -0.1) is 12.4 Å². The number of amides is 1. The number of nitrogens with zero attached hydrogens (tertiary/aromatic N) is 2. The van der Waals surface area contributed by atoms with E-state index in [0.717, 1.165) is 26.2 Å². The summed E-state index contributed by atoms with van der Waals surface area (Å²) in [7, 11) is -3.77. The number of halogens is 1. The van der Waals surface area contributed by atoms with Crippen LogP contribution in [-0.4, -0.2) is 57.0 Å². The van der Waals surface area contributed by atoms with E-state index >= 15 is 0 Å². The lowest BCUT2D eigenvalue weighted by atomic mass is 9.96. The van der Waals surface area contributed by atoms with Gasteiger partial charge in [-0.05, 0) is 35.4 Å². The van der Waals surface area contributed by atoms with Gasteiger partial charge in [-0.25, -0.2) is 13.6 Å². The van der Waals surface area contributed by atoms with E-state index in [1.54, 1.807) is 0 Å². The van der Waals surface area contributed by atoms with Crippen molar-refractivity contribution in [2.75, 3.05) is 32.8 Å². The molecule has 7 nitrogen and oxygen atoms in total. The number of piperazine rings is 1. The van der Waals surface area contributed by atoms with Crippen LogP contribution < -0.4 is 10.5 Å². The smallest absolute Gasteiger partial charge is 0.252 e. The highest BCUT2D eigenvalue weighted by Crippen LogP contribution is 2.29. The van der Waals surface area contributed by atoms with Crippen LogP contribution in [0.3, 0.4) is 0 Å². The summed E-state index contributed by atoms with van der Waals surface area (Å²) in [5.74, 6) is -0.246. The molecule has 0 unspecified atom stereocenters. The summed E-state index contributed by atoms with van der Waals surface area (Å²) in [5.41, 5.74) is 2.94. The van der Waals surface area contributed by atoms with Gasteiger partial charge in [-0.3, -0.25) is 14.6 Å². The Hall–Kier alpha value is -2.75. The molecular weight excluding hydrogens is 472 g/mol. The van der Waals surface area contributed by atoms with Crippen LogP contribution in [0.25, 0.3) is 0 Å². The second-order valence-corrected chi connectivity index (χ2v) is 9.67. The highest BCUT2D eigenvalue weighted by atomic mass is 35.5. The van der Waals surface area contributed by atoms with Gasteiger partial charge in [0.2, 0.25) is 10.0 Å². The minimum absolute atomic E-state index is 0. The zero-order valence-corrected chi connectivity index (χ0v) is 20.3. The summed E-state index contributed by atoms with van der Waals surface area (Å²) in [5, 5.41) is 8.03. The molecule has 1 aliphatic rings. The van der Waals surface area contributed by atoms with E-state index < -0.39 is 10.0 Å². The first-order valence-corrected chi connectivity index (χ1v) is 12.4. The van der Waals surface area contributed by atoms with Crippen LogP contribution in [0.5, 0.6) is 0 Å². The fraction of sp³-hybridized carbons (Fsp3) is 0.240. The standard InChI is InChI=1S/C25H28N4O3S.ClH/c26-33(31,32)23-13-11-22(12-14-23)25(30)27-19-28-15-17-29(18-16-28)24(20-7-3-1-4-8-20)21-9-5-2-6-10-21;/h1-14,24H,15-19H2,(H,27,30)(H2,26,31,32);1H. The van der Waals surface area contributed by atoms with Crippen molar-refractivity contribution in [1.82, 2.24) is 15.1 Å². The minimum Gasteiger partial charge on any atom is -0.339 e. The first kappa shape index (κ1) is 25.9. The molecule has 0 bridgehead atoms. The fourth-order valence-corrected chi connectivity index (χ4v) is 4.66. The number of hydrogen-bond acceptors (Lipinski definition) is 5. The van der Waals surface area contributed by atoms with Crippen molar-refractivity contribution in [3.05, 3.63) is 102 Å². The van der Waals surface area contributed by atoms with Crippen molar-refractivity contribution in [3.8, 4) is 0 Å². The monoisotopic (exact) mass is 500 g/mol. The predicted octanol–water partition coefficient (Wildman–Crippen LogP) is 2.85. The number of carbonyl (C=O) groups is 1. The highest BCUT2D eigenvalue weighted by molar-refractivity contribution is 7.89. The van der Waals surface area contributed by atoms with E-state index in [-0.39, 0.29) is 29.3 Å². The summed E-state index contributed by atoms with van der Waals surface area (Å²) in [6, 6.07) is 26.9. The molecule has 0 radical (unpaired) electrons. The third-order valence-electron chi connectivity index (χ3n) is 5.91. The first-order valence-electron chi connectivity index (χ1n) is 10.9. The van der Waals surface area contributed by atoms with Gasteiger partial charge in [0.05, 0.1) is 17.6 Å². The average Bonchev–Trinajstić information content (AvgIpc) is 2.84. The molecule has 34 heavy (non-hydrogen) atoms. The first-order chi connectivity index (χ1) is 15.9. The summed E-state index contributed by atoms with van der Waals surface area (Å²) in [6.07, 6.45) is 0. The SMILES string of the molecule is Cl.NS(=O)(=O)c1ccc(C(=O)NCN2CCN(C(c3ccccc3)c3ccccc3)CC2)cc1. The summed E-state index contributed by atoms with van der Waals surface area (Å²) >= 11 is 0. The summed E-state index contributed by atoms with van der Waals surface area (Å²) in [4.78, 5) is 17.1. The van der Waals surface area contributed by atoms with Gasteiger partial charge in [-0.2, -0.15) is 0 Å². The number of primary sulfonamides is 1. The Kier molecular flexibility index (Phi) is 8.82. The van der Waals surface area contributed by atoms with Crippen molar-refractivity contribution >= 4 is 28.3 Å². The van der Waals surface area contributed by atoms with Crippen LogP contribution in [0.1, 0.15) is 27.5 Å². The van der Waals surface area contributed by atoms with Crippen LogP contribution in [0, 0.1) is 0 Å². The quantitative estimate of drug-likeness (QED) is 0.520. The molecule has 1 heterocycles. The Balaban J connectivity index is 0.00000324. The molecule has 0 spiro atoms. The van der Waals surface area contributed by atoms with Gasteiger partial charge in [0.25, 0.3) is 5.91 Å². The number of nitrogens with two attached hydrogens (primary N) is 1. The summed E-state index contributed by atoms with van der Waals surface area (Å²) < 4.78 is 22.7. The molecule has 3 aromatic rings. The zero-order valence-electron chi connectivity index (χ0n) is 18.7. The van der Waals surface area contributed by atoms with E-state index in [1.165, 1.54) is 35.4 Å². The van der Waals surface area contributed by atoms with Crippen LogP contribution in [-0.2, 0) is 10.0 Å². The van der Waals surface area contributed by atoms with E-state index in [9.17, 15) is 13.2 Å². The van der Waals surface area contributed by atoms with Gasteiger partial charge < -0.3 is 5.32 Å². The molecule has 0 aromatic heterocycles. The average molecular weight is 501 g/mol. The Morgan fingerprint density at radius 2 is 1.32 bits per heavy atom. The van der Waals surface area contributed by atoms with Crippen LogP contribution >= 0.6 is 12.4 Å². The minimum atomic E-state index is -3.77. The molecule has 3 N–H and O–H groups in total. The molecule has 180 valence electrons. The molecule has 9 heteroatoms. The fourth-order valence-electron chi connectivity index (χ4n) is 4.15. The number of hydrogen-bond donors (Lipinski definition) is 2. The maximum atomic E-state index is 12.5. The second kappa shape index (κ2) is 11.6. The zero-order chi connectivity index (χ0) is 23.3. The largest absolute Gasteiger partial charge is 0.339 e. The van der Waals surface area contributed by atoms with Crippen molar-refractivity contribution in [2.45, 2.75) is 10.9 Å². The number of rotatable bonds is 7. The number of benzene rings is 3. The number of nitrogens with one attached hydrogen (secondary N) is 1. The topological polar surface area (TPSA) is 95.7 Å². The molecule has 4 rings (SSSR count). The van der Waals surface area contributed by atoms with Crippen molar-refractivity contribution < 1.29 is 13.2 Å². The highest BCUT2D eigenvalue weighted by Gasteiger charge is 2.26. The normalized spacial score (nSPS) is 15.0. The van der Waals surface area contributed by atoms with Crippen LogP contribution in [0.2, 0.25) is 0 Å². The second-order valence-electron chi connectivity index (χ2n) is 8.11. The lowest BCUT2D eigenvalue weighted by Crippen LogP contribution is -2.50. The molecule has 1 saturated heterocycles.